The minimum atomic E-state index is -0.152. The van der Waals surface area contributed by atoms with Gasteiger partial charge >= 0.3 is 6.09 Å². The second-order valence-corrected chi connectivity index (χ2v) is 4.39. The lowest BCUT2D eigenvalue weighted by Gasteiger charge is -2.23. The summed E-state index contributed by atoms with van der Waals surface area (Å²) in [6.07, 6.45) is 6.53. The van der Waals surface area contributed by atoms with Crippen molar-refractivity contribution in [3.63, 3.8) is 0 Å². The number of nitrogens with one attached hydrogen (secondary N) is 1. The van der Waals surface area contributed by atoms with E-state index in [9.17, 15) is 4.79 Å². The van der Waals surface area contributed by atoms with E-state index in [4.69, 9.17) is 4.74 Å². The van der Waals surface area contributed by atoms with Gasteiger partial charge in [0.2, 0.25) is 0 Å². The summed E-state index contributed by atoms with van der Waals surface area (Å²) in [7, 11) is 0. The van der Waals surface area contributed by atoms with Crippen molar-refractivity contribution in [2.24, 2.45) is 0 Å². The second kappa shape index (κ2) is 5.35. The maximum atomic E-state index is 11.1. The average molecular weight is 212 g/mol. The third kappa shape index (κ3) is 3.09. The van der Waals surface area contributed by atoms with Gasteiger partial charge < -0.3 is 15.0 Å². The Labute approximate surface area is 91.0 Å². The number of hydrogen-bond acceptors (Lipinski definition) is 3. The monoisotopic (exact) mass is 212 g/mol. The molecule has 1 heterocycles. The molecule has 0 aromatic carbocycles. The van der Waals surface area contributed by atoms with Gasteiger partial charge in [-0.2, -0.15) is 0 Å². The predicted molar refractivity (Wildman–Crippen MR) is 57.8 cm³/mol. The quantitative estimate of drug-likeness (QED) is 0.765. The van der Waals surface area contributed by atoms with Crippen LogP contribution in [0.4, 0.5) is 4.79 Å². The summed E-state index contributed by atoms with van der Waals surface area (Å²) in [6, 6.07) is 0.678. The third-order valence-electron chi connectivity index (χ3n) is 3.26. The lowest BCUT2D eigenvalue weighted by atomic mass is 9.95. The molecule has 1 aliphatic heterocycles. The molecule has 15 heavy (non-hydrogen) atoms. The molecular weight excluding hydrogens is 192 g/mol. The highest BCUT2D eigenvalue weighted by Crippen LogP contribution is 2.17. The zero-order chi connectivity index (χ0) is 10.5. The van der Waals surface area contributed by atoms with E-state index in [2.05, 4.69) is 5.32 Å². The number of rotatable bonds is 4. The van der Waals surface area contributed by atoms with Gasteiger partial charge in [0.1, 0.15) is 6.61 Å². The van der Waals surface area contributed by atoms with E-state index >= 15 is 0 Å². The van der Waals surface area contributed by atoms with Crippen LogP contribution in [0.2, 0.25) is 0 Å². The van der Waals surface area contributed by atoms with Gasteiger partial charge in [-0.25, -0.2) is 4.79 Å². The number of nitrogens with zero attached hydrogens (tertiary/aromatic N) is 1. The second-order valence-electron chi connectivity index (χ2n) is 4.39. The van der Waals surface area contributed by atoms with Crippen molar-refractivity contribution in [3.8, 4) is 0 Å². The van der Waals surface area contributed by atoms with E-state index in [0.29, 0.717) is 12.6 Å². The Balaban J connectivity index is 1.59. The molecule has 0 spiro atoms. The van der Waals surface area contributed by atoms with E-state index < -0.39 is 0 Å². The Hall–Kier alpha value is -0.770. The molecule has 0 bridgehead atoms. The van der Waals surface area contributed by atoms with Crippen LogP contribution in [0.3, 0.4) is 0 Å². The highest BCUT2D eigenvalue weighted by Gasteiger charge is 2.21. The van der Waals surface area contributed by atoms with Crippen LogP contribution < -0.4 is 5.32 Å². The maximum Gasteiger partial charge on any atom is 0.409 e. The lowest BCUT2D eigenvalue weighted by Crippen LogP contribution is -2.38. The fraction of sp³-hybridized carbons (Fsp3) is 0.909. The van der Waals surface area contributed by atoms with Crippen LogP contribution in [0.5, 0.6) is 0 Å². The van der Waals surface area contributed by atoms with Gasteiger partial charge in [0, 0.05) is 19.1 Å². The van der Waals surface area contributed by atoms with Gasteiger partial charge in [-0.05, 0) is 12.8 Å². The summed E-state index contributed by atoms with van der Waals surface area (Å²) < 4.78 is 4.87. The van der Waals surface area contributed by atoms with Gasteiger partial charge in [0.15, 0.2) is 0 Å². The zero-order valence-electron chi connectivity index (χ0n) is 9.21. The Morgan fingerprint density at radius 3 is 2.80 bits per heavy atom. The van der Waals surface area contributed by atoms with Crippen molar-refractivity contribution in [2.45, 2.75) is 38.1 Å². The molecule has 2 aliphatic rings. The van der Waals surface area contributed by atoms with Gasteiger partial charge in [-0.15, -0.1) is 0 Å². The molecule has 0 aromatic rings. The molecule has 0 aromatic heterocycles. The molecule has 4 nitrogen and oxygen atoms in total. The molecule has 2 rings (SSSR count). The first-order chi connectivity index (χ1) is 7.36. The van der Waals surface area contributed by atoms with Crippen molar-refractivity contribution >= 4 is 6.09 Å². The standard InChI is InChI=1S/C11H20N2O2/c14-11-13(8-9-15-11)7-6-12-10-4-2-1-3-5-10/h10,12H,1-9H2. The Bertz CT molecular complexity index is 215. The molecular formula is C11H20N2O2. The first-order valence-electron chi connectivity index (χ1n) is 6.01. The van der Waals surface area contributed by atoms with Crippen molar-refractivity contribution < 1.29 is 9.53 Å². The van der Waals surface area contributed by atoms with Crippen molar-refractivity contribution in [1.29, 1.82) is 0 Å². The van der Waals surface area contributed by atoms with Crippen LogP contribution in [0.25, 0.3) is 0 Å². The number of ether oxygens (including phenoxy) is 1. The van der Waals surface area contributed by atoms with E-state index in [1.807, 2.05) is 0 Å². The first-order valence-corrected chi connectivity index (χ1v) is 6.01. The summed E-state index contributed by atoms with van der Waals surface area (Å²) in [5.74, 6) is 0. The summed E-state index contributed by atoms with van der Waals surface area (Å²) >= 11 is 0. The van der Waals surface area contributed by atoms with Crippen LogP contribution in [0.1, 0.15) is 32.1 Å². The van der Waals surface area contributed by atoms with Crippen molar-refractivity contribution in [3.05, 3.63) is 0 Å². The Morgan fingerprint density at radius 2 is 2.13 bits per heavy atom. The predicted octanol–water partition coefficient (Wildman–Crippen LogP) is 1.36. The van der Waals surface area contributed by atoms with Crippen LogP contribution in [-0.4, -0.2) is 43.3 Å². The highest BCUT2D eigenvalue weighted by atomic mass is 16.6. The smallest absolute Gasteiger partial charge is 0.409 e. The normalized spacial score (nSPS) is 23.2. The minimum absolute atomic E-state index is 0.152. The molecule has 2 fully saturated rings. The van der Waals surface area contributed by atoms with Gasteiger partial charge in [-0.1, -0.05) is 19.3 Å². The molecule has 1 saturated heterocycles. The largest absolute Gasteiger partial charge is 0.448 e. The molecule has 1 saturated carbocycles. The van der Waals surface area contributed by atoms with Gasteiger partial charge in [-0.3, -0.25) is 0 Å². The zero-order valence-corrected chi connectivity index (χ0v) is 9.21. The van der Waals surface area contributed by atoms with Crippen molar-refractivity contribution in [2.75, 3.05) is 26.2 Å². The van der Waals surface area contributed by atoms with E-state index in [-0.39, 0.29) is 6.09 Å². The van der Waals surface area contributed by atoms with Gasteiger partial charge in [0.05, 0.1) is 6.54 Å². The average Bonchev–Trinajstić information content (AvgIpc) is 2.66. The number of hydrogen-bond donors (Lipinski definition) is 1. The Kier molecular flexibility index (Phi) is 3.83. The van der Waals surface area contributed by atoms with Crippen molar-refractivity contribution in [1.82, 2.24) is 10.2 Å². The van der Waals surface area contributed by atoms with Crippen LogP contribution in [0, 0.1) is 0 Å². The number of carbonyl (C=O) groups is 1. The number of carbonyl (C=O) groups excluding carboxylic acids is 1. The summed E-state index contributed by atoms with van der Waals surface area (Å²) in [6.45, 7) is 3.00. The van der Waals surface area contributed by atoms with Crippen LogP contribution in [-0.2, 0) is 4.74 Å². The molecule has 0 atom stereocenters. The Morgan fingerprint density at radius 1 is 1.33 bits per heavy atom. The molecule has 0 radical (unpaired) electrons. The summed E-state index contributed by atoms with van der Waals surface area (Å²) in [5.41, 5.74) is 0. The molecule has 1 aliphatic carbocycles. The highest BCUT2D eigenvalue weighted by molar-refractivity contribution is 5.69. The summed E-state index contributed by atoms with van der Waals surface area (Å²) in [4.78, 5) is 12.9. The first kappa shape index (κ1) is 10.7. The van der Waals surface area contributed by atoms with Crippen LogP contribution >= 0.6 is 0 Å². The van der Waals surface area contributed by atoms with E-state index in [0.717, 1.165) is 19.6 Å². The summed E-state index contributed by atoms with van der Waals surface area (Å²) in [5, 5.41) is 3.52. The van der Waals surface area contributed by atoms with Crippen LogP contribution in [0.15, 0.2) is 0 Å². The lowest BCUT2D eigenvalue weighted by molar-refractivity contribution is 0.158. The molecule has 86 valence electrons. The maximum absolute atomic E-state index is 11.1. The fourth-order valence-electron chi connectivity index (χ4n) is 2.34. The third-order valence-corrected chi connectivity index (χ3v) is 3.26. The number of cyclic esters (lactones) is 1. The molecule has 4 heteroatoms. The SMILES string of the molecule is O=C1OCCN1CCNC1CCCCC1. The molecule has 1 N–H and O–H groups in total. The molecule has 1 amide bonds. The van der Waals surface area contributed by atoms with E-state index in [1.54, 1.807) is 4.90 Å². The number of amides is 1. The van der Waals surface area contributed by atoms with Gasteiger partial charge in [0.25, 0.3) is 0 Å². The molecule has 0 unspecified atom stereocenters. The minimum Gasteiger partial charge on any atom is -0.448 e. The van der Waals surface area contributed by atoms with E-state index in [1.165, 1.54) is 32.1 Å². The fourth-order valence-corrected chi connectivity index (χ4v) is 2.34. The topological polar surface area (TPSA) is 41.6 Å².